The van der Waals surface area contributed by atoms with Crippen LogP contribution in [0.3, 0.4) is 0 Å². The van der Waals surface area contributed by atoms with Gasteiger partial charge in [0.1, 0.15) is 16.8 Å². The molecular weight excluding hydrogens is 675 g/mol. The molecule has 10 nitrogen and oxygen atoms in total. The molecule has 0 saturated heterocycles. The normalized spacial score (nSPS) is 10.3. The van der Waals surface area contributed by atoms with Crippen LogP contribution in [0.4, 0.5) is 10.5 Å². The van der Waals surface area contributed by atoms with E-state index in [1.54, 1.807) is 18.2 Å². The highest BCUT2D eigenvalue weighted by atomic mass is 79.9. The van der Waals surface area contributed by atoms with Crippen LogP contribution in [0, 0.1) is 12.3 Å². The van der Waals surface area contributed by atoms with Gasteiger partial charge in [-0.3, -0.25) is 9.59 Å². The summed E-state index contributed by atoms with van der Waals surface area (Å²) in [5.74, 6) is 1.20. The largest absolute Gasteiger partial charge is 0.452 e. The van der Waals surface area contributed by atoms with Gasteiger partial charge in [0.25, 0.3) is 11.8 Å². The van der Waals surface area contributed by atoms with Gasteiger partial charge < -0.3 is 10.1 Å². The molecule has 2 N–H and O–H groups in total. The van der Waals surface area contributed by atoms with E-state index in [1.807, 2.05) is 0 Å². The number of pyridine rings is 1. The van der Waals surface area contributed by atoms with Crippen molar-refractivity contribution in [2.45, 2.75) is 0 Å². The van der Waals surface area contributed by atoms with Crippen molar-refractivity contribution in [1.29, 1.82) is 0 Å². The van der Waals surface area contributed by atoms with Crippen LogP contribution >= 0.6 is 59.4 Å². The molecule has 180 valence electrons. The van der Waals surface area contributed by atoms with Crippen molar-refractivity contribution in [2.75, 3.05) is 19.0 Å². The lowest BCUT2D eigenvalue weighted by Crippen LogP contribution is -2.46. The molecule has 0 unspecified atom stereocenters. The molecule has 0 bridgehead atoms. The Morgan fingerprint density at radius 2 is 2.00 bits per heavy atom. The fourth-order valence-corrected chi connectivity index (χ4v) is 4.71. The average Bonchev–Trinajstić information content (AvgIpc) is 3.21. The van der Waals surface area contributed by atoms with Gasteiger partial charge in [-0.1, -0.05) is 33.5 Å². The number of nitrogens with zero attached hydrogens (tertiary/aromatic N) is 4. The van der Waals surface area contributed by atoms with Crippen molar-refractivity contribution < 1.29 is 19.1 Å². The van der Waals surface area contributed by atoms with Gasteiger partial charge in [0, 0.05) is 21.2 Å². The Morgan fingerprint density at radius 3 is 2.66 bits per heavy atom. The van der Waals surface area contributed by atoms with Crippen molar-refractivity contribution in [3.63, 3.8) is 0 Å². The topological polar surface area (TPSA) is 118 Å². The van der Waals surface area contributed by atoms with Crippen molar-refractivity contribution in [3.8, 4) is 18.2 Å². The van der Waals surface area contributed by atoms with E-state index in [0.29, 0.717) is 13.5 Å². The molecule has 0 aliphatic rings. The summed E-state index contributed by atoms with van der Waals surface area (Å²) in [5.41, 5.74) is 2.47. The summed E-state index contributed by atoms with van der Waals surface area (Å²) in [5, 5.41) is 8.10. The summed E-state index contributed by atoms with van der Waals surface area (Å²) in [6.45, 7) is -0.261. The fraction of sp³-hybridized carbons (Fsp3) is 0.0952. The van der Waals surface area contributed by atoms with E-state index in [-0.39, 0.29) is 34.3 Å². The van der Waals surface area contributed by atoms with Gasteiger partial charge in [0.2, 0.25) is 0 Å². The molecule has 2 aromatic heterocycles. The van der Waals surface area contributed by atoms with Gasteiger partial charge in [0.15, 0.2) is 5.82 Å². The van der Waals surface area contributed by atoms with Crippen LogP contribution in [-0.4, -0.2) is 51.3 Å². The van der Waals surface area contributed by atoms with Gasteiger partial charge in [-0.25, -0.2) is 24.9 Å². The third-order valence-corrected chi connectivity index (χ3v) is 6.05. The van der Waals surface area contributed by atoms with Crippen molar-refractivity contribution in [3.05, 3.63) is 66.4 Å². The molecule has 0 radical (unpaired) electrons. The maximum Gasteiger partial charge on any atom is 0.425 e. The Kier molecular flexibility index (Phi) is 8.90. The lowest BCUT2D eigenvalue weighted by atomic mass is 10.1. The first-order valence-corrected chi connectivity index (χ1v) is 12.2. The second-order valence-corrected chi connectivity index (χ2v) is 9.53. The number of terminal acetylenes is 1. The molecule has 3 aromatic rings. The van der Waals surface area contributed by atoms with E-state index in [1.165, 1.54) is 23.0 Å². The first-order valence-electron chi connectivity index (χ1n) is 9.43. The second-order valence-electron chi connectivity index (χ2n) is 6.54. The Labute approximate surface area is 229 Å². The Hall–Kier alpha value is -2.92. The molecule has 0 aliphatic carbocycles. The number of ether oxygens (including phenoxy) is 1. The molecule has 3 rings (SSSR count). The zero-order valence-corrected chi connectivity index (χ0v) is 23.2. The number of aromatic nitrogens is 3. The highest BCUT2D eigenvalue weighted by Crippen LogP contribution is 2.32. The quantitative estimate of drug-likeness (QED) is 0.294. The number of halogens is 4. The molecule has 2 heterocycles. The lowest BCUT2D eigenvalue weighted by Gasteiger charge is -2.22. The van der Waals surface area contributed by atoms with Crippen molar-refractivity contribution in [1.82, 2.24) is 25.2 Å². The minimum absolute atomic E-state index is 0.0206. The van der Waals surface area contributed by atoms with E-state index in [2.05, 4.69) is 79.3 Å². The van der Waals surface area contributed by atoms with Gasteiger partial charge >= 0.3 is 6.09 Å². The van der Waals surface area contributed by atoms with Crippen LogP contribution in [0.25, 0.3) is 5.82 Å². The standard InChI is InChI=1S/C21H14Br3ClN6O4/c1-3-7-30(29-21(34)35-2)20(33)12-8-11(22)9-13(23)17(12)27-19(32)15-10-16(24)28-31(15)18-14(25)5-4-6-26-18/h1,4-6,8-10H,7H2,2H3,(H,27,32)(H,29,34). The predicted molar refractivity (Wildman–Crippen MR) is 139 cm³/mol. The van der Waals surface area contributed by atoms with Crippen LogP contribution < -0.4 is 10.7 Å². The molecule has 0 aliphatic heterocycles. The summed E-state index contributed by atoms with van der Waals surface area (Å²) in [7, 11) is 1.14. The maximum absolute atomic E-state index is 13.3. The first-order chi connectivity index (χ1) is 16.7. The van der Waals surface area contributed by atoms with Crippen molar-refractivity contribution in [2.24, 2.45) is 0 Å². The van der Waals surface area contributed by atoms with Gasteiger partial charge in [-0.05, 0) is 56.1 Å². The van der Waals surface area contributed by atoms with Crippen LogP contribution in [0.2, 0.25) is 5.02 Å². The third kappa shape index (κ3) is 6.21. The molecule has 14 heteroatoms. The van der Waals surface area contributed by atoms with Crippen LogP contribution in [0.5, 0.6) is 0 Å². The van der Waals surface area contributed by atoms with E-state index in [0.717, 1.165) is 12.1 Å². The van der Waals surface area contributed by atoms with Crippen molar-refractivity contribution >= 4 is 83.0 Å². The number of rotatable bonds is 5. The highest BCUT2D eigenvalue weighted by Gasteiger charge is 2.26. The van der Waals surface area contributed by atoms with E-state index in [9.17, 15) is 14.4 Å². The number of benzene rings is 1. The molecule has 3 amide bonds. The summed E-state index contributed by atoms with van der Waals surface area (Å²) >= 11 is 16.2. The van der Waals surface area contributed by atoms with Crippen LogP contribution in [0.1, 0.15) is 20.8 Å². The maximum atomic E-state index is 13.3. The second kappa shape index (κ2) is 11.7. The Morgan fingerprint density at radius 1 is 1.26 bits per heavy atom. The monoisotopic (exact) mass is 686 g/mol. The molecule has 0 saturated carbocycles. The number of anilines is 1. The zero-order valence-electron chi connectivity index (χ0n) is 17.7. The molecule has 35 heavy (non-hydrogen) atoms. The minimum atomic E-state index is -0.894. The molecule has 0 fully saturated rings. The van der Waals surface area contributed by atoms with E-state index in [4.69, 9.17) is 18.0 Å². The number of nitrogens with one attached hydrogen (secondary N) is 2. The number of amides is 3. The zero-order chi connectivity index (χ0) is 25.7. The van der Waals surface area contributed by atoms with E-state index >= 15 is 0 Å². The number of carbonyl (C=O) groups is 3. The SMILES string of the molecule is C#CCN(NC(=O)OC)C(=O)c1cc(Br)cc(Br)c1NC(=O)c1cc(Br)nn1-c1ncccc1Cl. The minimum Gasteiger partial charge on any atom is -0.452 e. The van der Waals surface area contributed by atoms with E-state index < -0.39 is 17.9 Å². The van der Waals surface area contributed by atoms with Crippen LogP contribution in [0.15, 0.2) is 50.1 Å². The van der Waals surface area contributed by atoms with Gasteiger partial charge in [-0.2, -0.15) is 5.10 Å². The summed E-state index contributed by atoms with van der Waals surface area (Å²) in [4.78, 5) is 42.5. The number of hydrazine groups is 1. The summed E-state index contributed by atoms with van der Waals surface area (Å²) < 4.78 is 7.07. The predicted octanol–water partition coefficient (Wildman–Crippen LogP) is 4.81. The summed E-state index contributed by atoms with van der Waals surface area (Å²) in [6, 6.07) is 7.82. The third-order valence-electron chi connectivity index (χ3n) is 4.28. The molecule has 0 spiro atoms. The number of carbonyl (C=O) groups excluding carboxylic acids is 3. The average molecular weight is 690 g/mol. The Balaban J connectivity index is 2.03. The molecule has 1 aromatic carbocycles. The van der Waals surface area contributed by atoms with Gasteiger partial charge in [-0.15, -0.1) is 6.42 Å². The lowest BCUT2D eigenvalue weighted by molar-refractivity contribution is 0.0663. The van der Waals surface area contributed by atoms with Gasteiger partial charge in [0.05, 0.1) is 23.4 Å². The number of hydrogen-bond donors (Lipinski definition) is 2. The number of hydrogen-bond acceptors (Lipinski definition) is 6. The fourth-order valence-electron chi connectivity index (χ4n) is 2.81. The number of methoxy groups -OCH3 is 1. The van der Waals surface area contributed by atoms with Crippen LogP contribution in [-0.2, 0) is 4.74 Å². The summed E-state index contributed by atoms with van der Waals surface area (Å²) in [6.07, 6.45) is 5.96. The first kappa shape index (κ1) is 26.7. The Bertz CT molecular complexity index is 1360. The molecule has 0 atom stereocenters. The smallest absolute Gasteiger partial charge is 0.425 e. The molecular formula is C21H14Br3ClN6O4. The highest BCUT2D eigenvalue weighted by molar-refractivity contribution is 9.11.